The molecule has 2 heterocycles. The number of hydrogen-bond acceptors (Lipinski definition) is 3. The third-order valence-corrected chi connectivity index (χ3v) is 4.80. The number of likely N-dealkylation sites (N-methyl/N-ethyl adjacent to an activating group) is 2. The van der Waals surface area contributed by atoms with Gasteiger partial charge in [0.15, 0.2) is 5.78 Å². The number of hydrogen-bond donors (Lipinski definition) is 0. The van der Waals surface area contributed by atoms with E-state index in [-0.39, 0.29) is 5.78 Å². The predicted octanol–water partition coefficient (Wildman–Crippen LogP) is 2.33. The lowest BCUT2D eigenvalue weighted by molar-refractivity contribution is 0.0931. The Hall–Kier alpha value is -1.13. The maximum atomic E-state index is 12.5. The van der Waals surface area contributed by atoms with E-state index in [0.29, 0.717) is 12.6 Å². The normalized spacial score (nSPS) is 19.6. The highest BCUT2D eigenvalue weighted by Crippen LogP contribution is 2.18. The smallest absolute Gasteiger partial charge is 0.178 e. The Kier molecular flexibility index (Phi) is 5.22. The van der Waals surface area contributed by atoms with Crippen LogP contribution in [-0.2, 0) is 6.54 Å². The van der Waals surface area contributed by atoms with Gasteiger partial charge in [0.25, 0.3) is 0 Å². The van der Waals surface area contributed by atoms with Crippen molar-refractivity contribution < 1.29 is 4.79 Å². The van der Waals surface area contributed by atoms with E-state index in [4.69, 9.17) is 0 Å². The summed E-state index contributed by atoms with van der Waals surface area (Å²) in [5.74, 6) is 0.242. The molecule has 0 saturated carbocycles. The van der Waals surface area contributed by atoms with Gasteiger partial charge in [0, 0.05) is 36.1 Å². The number of ketones is 1. The number of Topliss-reactive ketones (excluding diaryl/α,β-unsaturated/α-hetero) is 1. The molecule has 4 nitrogen and oxygen atoms in total. The molecule has 0 N–H and O–H groups in total. The Morgan fingerprint density at radius 2 is 2.14 bits per heavy atom. The molecule has 1 saturated heterocycles. The van der Waals surface area contributed by atoms with Crippen molar-refractivity contribution in [1.82, 2.24) is 14.4 Å². The fraction of sp³-hybridized carbons (Fsp3) is 0.706. The second-order valence-electron chi connectivity index (χ2n) is 6.43. The monoisotopic (exact) mass is 291 g/mol. The summed E-state index contributed by atoms with van der Waals surface area (Å²) in [6.45, 7) is 9.85. The average Bonchev–Trinajstić information content (AvgIpc) is 2.93. The molecule has 0 spiro atoms. The molecule has 1 aliphatic rings. The van der Waals surface area contributed by atoms with Gasteiger partial charge in [0.1, 0.15) is 0 Å². The van der Waals surface area contributed by atoms with E-state index in [1.807, 2.05) is 6.07 Å². The van der Waals surface area contributed by atoms with Gasteiger partial charge in [-0.3, -0.25) is 9.69 Å². The van der Waals surface area contributed by atoms with Crippen molar-refractivity contribution in [2.75, 3.05) is 33.7 Å². The summed E-state index contributed by atoms with van der Waals surface area (Å²) < 4.78 is 2.21. The molecule has 1 atom stereocenters. The molecule has 1 unspecified atom stereocenters. The van der Waals surface area contributed by atoms with Gasteiger partial charge in [-0.15, -0.1) is 0 Å². The summed E-state index contributed by atoms with van der Waals surface area (Å²) >= 11 is 0. The van der Waals surface area contributed by atoms with Crippen LogP contribution in [0.25, 0.3) is 0 Å². The summed E-state index contributed by atoms with van der Waals surface area (Å²) in [4.78, 5) is 17.1. The number of likely N-dealkylation sites (tertiary alicyclic amines) is 1. The summed E-state index contributed by atoms with van der Waals surface area (Å²) in [5.41, 5.74) is 3.17. The molecule has 1 aromatic rings. The first-order chi connectivity index (χ1) is 9.93. The second kappa shape index (κ2) is 6.75. The number of aryl methyl sites for hydroxylation is 1. The highest BCUT2D eigenvalue weighted by Gasteiger charge is 2.23. The quantitative estimate of drug-likeness (QED) is 0.753. The van der Waals surface area contributed by atoms with Crippen LogP contribution in [0.3, 0.4) is 0 Å². The molecule has 118 valence electrons. The van der Waals surface area contributed by atoms with Crippen molar-refractivity contribution in [2.24, 2.45) is 0 Å². The van der Waals surface area contributed by atoms with Crippen LogP contribution in [0.15, 0.2) is 6.07 Å². The van der Waals surface area contributed by atoms with Gasteiger partial charge in [0.2, 0.25) is 0 Å². The van der Waals surface area contributed by atoms with Gasteiger partial charge in [-0.05, 0) is 60.3 Å². The second-order valence-corrected chi connectivity index (χ2v) is 6.43. The van der Waals surface area contributed by atoms with E-state index >= 15 is 0 Å². The maximum Gasteiger partial charge on any atom is 0.178 e. The third-order valence-electron chi connectivity index (χ3n) is 4.80. The largest absolute Gasteiger partial charge is 0.349 e. The summed E-state index contributed by atoms with van der Waals surface area (Å²) in [5, 5.41) is 0. The molecule has 1 aliphatic heterocycles. The first-order valence-corrected chi connectivity index (χ1v) is 8.02. The van der Waals surface area contributed by atoms with Crippen LogP contribution < -0.4 is 0 Å². The lowest BCUT2D eigenvalue weighted by atomic mass is 10.1. The molecule has 0 bridgehead atoms. The Bertz CT molecular complexity index is 506. The van der Waals surface area contributed by atoms with Gasteiger partial charge >= 0.3 is 0 Å². The lowest BCUT2D eigenvalue weighted by Gasteiger charge is -2.25. The van der Waals surface area contributed by atoms with Gasteiger partial charge < -0.3 is 9.47 Å². The number of rotatable bonds is 6. The molecular formula is C17H29N3O. The summed E-state index contributed by atoms with van der Waals surface area (Å²) in [6, 6.07) is 2.64. The van der Waals surface area contributed by atoms with E-state index in [0.717, 1.165) is 24.3 Å². The average molecular weight is 291 g/mol. The number of carbonyl (C=O) groups is 1. The van der Waals surface area contributed by atoms with Crippen LogP contribution in [0.5, 0.6) is 0 Å². The summed E-state index contributed by atoms with van der Waals surface area (Å²) in [6.07, 6.45) is 2.53. The molecule has 2 rings (SSSR count). The Morgan fingerprint density at radius 3 is 2.67 bits per heavy atom. The molecule has 0 radical (unpaired) electrons. The van der Waals surface area contributed by atoms with E-state index in [1.165, 1.54) is 25.1 Å². The maximum absolute atomic E-state index is 12.5. The molecule has 1 aromatic heterocycles. The van der Waals surface area contributed by atoms with E-state index in [9.17, 15) is 4.79 Å². The van der Waals surface area contributed by atoms with Gasteiger partial charge in [-0.2, -0.15) is 0 Å². The third kappa shape index (κ3) is 3.55. The number of aromatic nitrogens is 1. The van der Waals surface area contributed by atoms with Crippen molar-refractivity contribution in [2.45, 2.75) is 46.2 Å². The SMILES string of the molecule is CCn1c(C)cc(C(=O)CN(C)CC2CCCN2C)c1C. The van der Waals surface area contributed by atoms with Gasteiger partial charge in [0.05, 0.1) is 6.54 Å². The summed E-state index contributed by atoms with van der Waals surface area (Å²) in [7, 11) is 4.24. The first-order valence-electron chi connectivity index (χ1n) is 8.02. The van der Waals surface area contributed by atoms with E-state index in [2.05, 4.69) is 49.2 Å². The van der Waals surface area contributed by atoms with E-state index < -0.39 is 0 Å². The topological polar surface area (TPSA) is 28.5 Å². The Morgan fingerprint density at radius 1 is 1.43 bits per heavy atom. The zero-order valence-corrected chi connectivity index (χ0v) is 14.1. The predicted molar refractivity (Wildman–Crippen MR) is 87.1 cm³/mol. The van der Waals surface area contributed by atoms with Crippen molar-refractivity contribution >= 4 is 5.78 Å². The van der Waals surface area contributed by atoms with Crippen LogP contribution in [0, 0.1) is 13.8 Å². The van der Waals surface area contributed by atoms with Crippen LogP contribution in [0.1, 0.15) is 41.5 Å². The zero-order chi connectivity index (χ0) is 15.6. The number of carbonyl (C=O) groups excluding carboxylic acids is 1. The molecular weight excluding hydrogens is 262 g/mol. The van der Waals surface area contributed by atoms with Crippen molar-refractivity contribution in [3.63, 3.8) is 0 Å². The fourth-order valence-corrected chi connectivity index (χ4v) is 3.53. The van der Waals surface area contributed by atoms with Crippen LogP contribution in [-0.4, -0.2) is 59.9 Å². The van der Waals surface area contributed by atoms with Gasteiger partial charge in [-0.25, -0.2) is 0 Å². The molecule has 4 heteroatoms. The first kappa shape index (κ1) is 16.2. The van der Waals surface area contributed by atoms with Crippen LogP contribution in [0.2, 0.25) is 0 Å². The van der Waals surface area contributed by atoms with Crippen LogP contribution >= 0.6 is 0 Å². The Balaban J connectivity index is 1.97. The molecule has 21 heavy (non-hydrogen) atoms. The minimum atomic E-state index is 0.242. The van der Waals surface area contributed by atoms with E-state index in [1.54, 1.807) is 0 Å². The highest BCUT2D eigenvalue weighted by molar-refractivity contribution is 5.99. The van der Waals surface area contributed by atoms with Crippen molar-refractivity contribution in [1.29, 1.82) is 0 Å². The molecule has 0 amide bonds. The standard InChI is InChI=1S/C17H29N3O/c1-6-20-13(2)10-16(14(20)3)17(21)12-18(4)11-15-8-7-9-19(15)5/h10,15H,6-9,11-12H2,1-5H3. The van der Waals surface area contributed by atoms with Crippen LogP contribution in [0.4, 0.5) is 0 Å². The molecule has 0 aromatic carbocycles. The lowest BCUT2D eigenvalue weighted by Crippen LogP contribution is -2.38. The number of nitrogens with zero attached hydrogens (tertiary/aromatic N) is 3. The zero-order valence-electron chi connectivity index (χ0n) is 14.1. The fourth-order valence-electron chi connectivity index (χ4n) is 3.53. The highest BCUT2D eigenvalue weighted by atomic mass is 16.1. The Labute approximate surface area is 128 Å². The molecule has 0 aliphatic carbocycles. The van der Waals surface area contributed by atoms with Gasteiger partial charge in [-0.1, -0.05) is 0 Å². The minimum Gasteiger partial charge on any atom is -0.349 e. The molecule has 1 fully saturated rings. The van der Waals surface area contributed by atoms with Crippen molar-refractivity contribution in [3.05, 3.63) is 23.0 Å². The van der Waals surface area contributed by atoms with Crippen molar-refractivity contribution in [3.8, 4) is 0 Å². The minimum absolute atomic E-state index is 0.242.